The van der Waals surface area contributed by atoms with Gasteiger partial charge in [-0.1, -0.05) is 0 Å². The number of piperidine rings is 1. The topological polar surface area (TPSA) is 73.9 Å². The van der Waals surface area contributed by atoms with Gasteiger partial charge in [0.15, 0.2) is 0 Å². The molecule has 1 atom stereocenters. The van der Waals surface area contributed by atoms with E-state index in [2.05, 4.69) is 20.5 Å². The summed E-state index contributed by atoms with van der Waals surface area (Å²) in [7, 11) is 0. The second kappa shape index (κ2) is 6.73. The van der Waals surface area contributed by atoms with Crippen LogP contribution in [-0.2, 0) is 17.8 Å². The normalized spacial score (nSPS) is 20.7. The van der Waals surface area contributed by atoms with Gasteiger partial charge < -0.3 is 10.2 Å². The first-order valence-electron chi connectivity index (χ1n) is 8.76. The van der Waals surface area contributed by atoms with Gasteiger partial charge in [0.2, 0.25) is 5.91 Å². The number of H-pyrrole nitrogens is 1. The standard InChI is InChI=1S/C18H23N5O/c24-17(10-13-2-1-6-20-11-13)23-9-5-16-15(12-23)18(22-21-16)14-3-7-19-8-4-14/h3-4,7-8,13,20H,1-2,5-6,9-12H2,(H,21,22). The molecule has 0 aromatic carbocycles. The van der Waals surface area contributed by atoms with Gasteiger partial charge in [0.05, 0.1) is 5.69 Å². The first-order valence-corrected chi connectivity index (χ1v) is 8.76. The lowest BCUT2D eigenvalue weighted by atomic mass is 9.94. The third-order valence-electron chi connectivity index (χ3n) is 5.10. The molecule has 0 spiro atoms. The maximum Gasteiger partial charge on any atom is 0.223 e. The van der Waals surface area contributed by atoms with Crippen molar-refractivity contribution in [3.05, 3.63) is 35.8 Å². The summed E-state index contributed by atoms with van der Waals surface area (Å²) in [6.07, 6.45) is 7.39. The van der Waals surface area contributed by atoms with E-state index in [4.69, 9.17) is 0 Å². The molecule has 24 heavy (non-hydrogen) atoms. The van der Waals surface area contributed by atoms with Crippen LogP contribution in [0.3, 0.4) is 0 Å². The molecule has 0 saturated carbocycles. The van der Waals surface area contributed by atoms with Crippen LogP contribution in [-0.4, -0.2) is 45.6 Å². The van der Waals surface area contributed by atoms with Gasteiger partial charge in [0.25, 0.3) is 0 Å². The molecule has 1 fully saturated rings. The Hall–Kier alpha value is -2.21. The van der Waals surface area contributed by atoms with Crippen LogP contribution >= 0.6 is 0 Å². The Morgan fingerprint density at radius 2 is 2.21 bits per heavy atom. The molecule has 2 N–H and O–H groups in total. The number of fused-ring (bicyclic) bond motifs is 1. The SMILES string of the molecule is O=C(CC1CCCNC1)N1CCc2[nH]nc(-c3ccncc3)c2C1. The molecule has 4 rings (SSSR count). The summed E-state index contributed by atoms with van der Waals surface area (Å²) in [5, 5.41) is 11.0. The number of amides is 1. The Bertz CT molecular complexity index is 705. The minimum atomic E-state index is 0.274. The minimum Gasteiger partial charge on any atom is -0.338 e. The van der Waals surface area contributed by atoms with Crippen LogP contribution < -0.4 is 5.32 Å². The van der Waals surface area contributed by atoms with Crippen LogP contribution in [0.25, 0.3) is 11.3 Å². The van der Waals surface area contributed by atoms with E-state index in [9.17, 15) is 4.79 Å². The van der Waals surface area contributed by atoms with E-state index >= 15 is 0 Å². The van der Waals surface area contributed by atoms with Gasteiger partial charge in [-0.15, -0.1) is 0 Å². The molecule has 0 bridgehead atoms. The zero-order chi connectivity index (χ0) is 16.4. The maximum atomic E-state index is 12.7. The van der Waals surface area contributed by atoms with Crippen LogP contribution in [0.5, 0.6) is 0 Å². The zero-order valence-electron chi connectivity index (χ0n) is 13.8. The smallest absolute Gasteiger partial charge is 0.223 e. The first kappa shape index (κ1) is 15.3. The van der Waals surface area contributed by atoms with Gasteiger partial charge in [0.1, 0.15) is 0 Å². The van der Waals surface area contributed by atoms with Crippen molar-refractivity contribution in [2.45, 2.75) is 32.2 Å². The molecule has 6 heteroatoms. The second-order valence-corrected chi connectivity index (χ2v) is 6.75. The number of pyridine rings is 1. The number of nitrogens with zero attached hydrogens (tertiary/aromatic N) is 3. The molecule has 6 nitrogen and oxygen atoms in total. The molecule has 126 valence electrons. The number of hydrogen-bond acceptors (Lipinski definition) is 4. The summed E-state index contributed by atoms with van der Waals surface area (Å²) in [6, 6.07) is 3.93. The summed E-state index contributed by atoms with van der Waals surface area (Å²) in [5.74, 6) is 0.757. The molecule has 1 saturated heterocycles. The van der Waals surface area contributed by atoms with E-state index in [-0.39, 0.29) is 5.91 Å². The molecule has 4 heterocycles. The van der Waals surface area contributed by atoms with E-state index in [0.717, 1.165) is 55.0 Å². The Balaban J connectivity index is 1.49. The number of carbonyl (C=O) groups excluding carboxylic acids is 1. The van der Waals surface area contributed by atoms with Crippen molar-refractivity contribution in [2.24, 2.45) is 5.92 Å². The summed E-state index contributed by atoms with van der Waals surface area (Å²) >= 11 is 0. The van der Waals surface area contributed by atoms with Crippen LogP contribution in [0.15, 0.2) is 24.5 Å². The monoisotopic (exact) mass is 325 g/mol. The molecule has 1 amide bonds. The lowest BCUT2D eigenvalue weighted by molar-refractivity contribution is -0.133. The molecule has 0 radical (unpaired) electrons. The van der Waals surface area contributed by atoms with Crippen LogP contribution in [0.4, 0.5) is 0 Å². The number of carbonyl (C=O) groups is 1. The summed E-state index contributed by atoms with van der Waals surface area (Å²) in [4.78, 5) is 18.8. The predicted molar refractivity (Wildman–Crippen MR) is 91.2 cm³/mol. The fourth-order valence-electron chi connectivity index (χ4n) is 3.73. The lowest BCUT2D eigenvalue weighted by Crippen LogP contribution is -2.39. The molecule has 1 unspecified atom stereocenters. The van der Waals surface area contributed by atoms with Crippen LogP contribution in [0, 0.1) is 5.92 Å². The Kier molecular flexibility index (Phi) is 4.30. The Morgan fingerprint density at radius 3 is 3.00 bits per heavy atom. The number of hydrogen-bond donors (Lipinski definition) is 2. The largest absolute Gasteiger partial charge is 0.338 e. The zero-order valence-corrected chi connectivity index (χ0v) is 13.8. The van der Waals surface area contributed by atoms with E-state index in [1.807, 2.05) is 17.0 Å². The highest BCUT2D eigenvalue weighted by atomic mass is 16.2. The van der Waals surface area contributed by atoms with Crippen molar-refractivity contribution in [3.63, 3.8) is 0 Å². The van der Waals surface area contributed by atoms with Crippen molar-refractivity contribution in [1.29, 1.82) is 0 Å². The third kappa shape index (κ3) is 3.06. The highest BCUT2D eigenvalue weighted by molar-refractivity contribution is 5.77. The van der Waals surface area contributed by atoms with E-state index in [1.165, 1.54) is 6.42 Å². The van der Waals surface area contributed by atoms with Gasteiger partial charge in [-0.2, -0.15) is 5.10 Å². The van der Waals surface area contributed by atoms with Crippen molar-refractivity contribution >= 4 is 5.91 Å². The fraction of sp³-hybridized carbons (Fsp3) is 0.500. The van der Waals surface area contributed by atoms with Gasteiger partial charge in [-0.05, 0) is 44.0 Å². The molecular formula is C18H23N5O. The summed E-state index contributed by atoms with van der Waals surface area (Å²) in [6.45, 7) is 3.49. The number of rotatable bonds is 3. The molecule has 2 aromatic heterocycles. The van der Waals surface area contributed by atoms with Crippen molar-refractivity contribution in [2.75, 3.05) is 19.6 Å². The molecule has 2 aliphatic heterocycles. The first-order chi connectivity index (χ1) is 11.8. The highest BCUT2D eigenvalue weighted by Crippen LogP contribution is 2.28. The Morgan fingerprint density at radius 1 is 1.33 bits per heavy atom. The molecule has 2 aliphatic rings. The maximum absolute atomic E-state index is 12.7. The van der Waals surface area contributed by atoms with Crippen LogP contribution in [0.2, 0.25) is 0 Å². The minimum absolute atomic E-state index is 0.274. The predicted octanol–water partition coefficient (Wildman–Crippen LogP) is 1.75. The second-order valence-electron chi connectivity index (χ2n) is 6.75. The molecule has 2 aromatic rings. The third-order valence-corrected chi connectivity index (χ3v) is 5.10. The summed E-state index contributed by atoms with van der Waals surface area (Å²) in [5.41, 5.74) is 4.31. The Labute approximate surface area is 141 Å². The fourth-order valence-corrected chi connectivity index (χ4v) is 3.73. The van der Waals surface area contributed by atoms with Crippen LogP contribution in [0.1, 0.15) is 30.5 Å². The average molecular weight is 325 g/mol. The van der Waals surface area contributed by atoms with E-state index in [0.29, 0.717) is 18.9 Å². The number of nitrogens with one attached hydrogen (secondary N) is 2. The quantitative estimate of drug-likeness (QED) is 0.901. The molecular weight excluding hydrogens is 302 g/mol. The van der Waals surface area contributed by atoms with Gasteiger partial charge in [0, 0.05) is 55.1 Å². The molecule has 0 aliphatic carbocycles. The van der Waals surface area contributed by atoms with Gasteiger partial charge >= 0.3 is 0 Å². The van der Waals surface area contributed by atoms with E-state index < -0.39 is 0 Å². The average Bonchev–Trinajstić information content (AvgIpc) is 3.06. The summed E-state index contributed by atoms with van der Waals surface area (Å²) < 4.78 is 0. The van der Waals surface area contributed by atoms with Gasteiger partial charge in [-0.3, -0.25) is 14.9 Å². The number of aromatic nitrogens is 3. The number of aromatic amines is 1. The highest BCUT2D eigenvalue weighted by Gasteiger charge is 2.27. The van der Waals surface area contributed by atoms with Crippen molar-refractivity contribution in [1.82, 2.24) is 25.4 Å². The van der Waals surface area contributed by atoms with E-state index in [1.54, 1.807) is 12.4 Å². The van der Waals surface area contributed by atoms with Gasteiger partial charge in [-0.25, -0.2) is 0 Å². The van der Waals surface area contributed by atoms with Crippen molar-refractivity contribution < 1.29 is 4.79 Å². The van der Waals surface area contributed by atoms with Crippen molar-refractivity contribution in [3.8, 4) is 11.3 Å². The lowest BCUT2D eigenvalue weighted by Gasteiger charge is -2.30.